The lowest BCUT2D eigenvalue weighted by molar-refractivity contribution is -0.167. The molecule has 0 aliphatic carbocycles. The lowest BCUT2D eigenvalue weighted by Crippen LogP contribution is -2.30. The Bertz CT molecular complexity index is 1390. The van der Waals surface area contributed by atoms with E-state index in [0.717, 1.165) is 109 Å². The van der Waals surface area contributed by atoms with Crippen molar-refractivity contribution in [3.05, 3.63) is 122 Å². The monoisotopic (exact) mass is 885 g/mol. The summed E-state index contributed by atoms with van der Waals surface area (Å²) in [6, 6.07) is 0. The number of allylic oxidation sites excluding steroid dienone is 20. The standard InChI is InChI=1S/C58H92O6/c1-4-7-10-13-16-19-22-25-27-29-31-33-36-39-42-45-48-51-57(60)63-54-55(53-62-56(59)50-47-44-41-38-35-32-24-21-18-15-12-9-6-3)64-58(61)52-49-46-43-40-37-34-30-28-26-23-20-17-14-11-8-5-2/h7,9-10,12,15-16,18-19,21,24-25,27-28,30-31,33-34,37,39,42,55H,4-6,8,11,13-14,17,20,22-23,26,29,32,35-36,38,40-41,43-54H2,1-3H3/b10-7-,12-9-,18-15-,19-16-,24-21-,27-25-,30-28-,33-31-,37-34-,42-39-. The Hall–Kier alpha value is -4.19. The largest absolute Gasteiger partial charge is 0.462 e. The highest BCUT2D eigenvalue weighted by atomic mass is 16.6. The fourth-order valence-corrected chi connectivity index (χ4v) is 6.47. The molecule has 0 saturated heterocycles. The fourth-order valence-electron chi connectivity index (χ4n) is 6.47. The van der Waals surface area contributed by atoms with Crippen LogP contribution < -0.4 is 0 Å². The van der Waals surface area contributed by atoms with E-state index in [-0.39, 0.29) is 44.0 Å². The van der Waals surface area contributed by atoms with Crippen molar-refractivity contribution in [3.8, 4) is 0 Å². The van der Waals surface area contributed by atoms with E-state index in [2.05, 4.69) is 136 Å². The van der Waals surface area contributed by atoms with Crippen LogP contribution in [-0.4, -0.2) is 37.2 Å². The van der Waals surface area contributed by atoms with E-state index in [0.29, 0.717) is 19.3 Å². The van der Waals surface area contributed by atoms with Gasteiger partial charge in [0.15, 0.2) is 6.10 Å². The maximum atomic E-state index is 12.8. The predicted molar refractivity (Wildman–Crippen MR) is 274 cm³/mol. The van der Waals surface area contributed by atoms with Crippen LogP contribution in [0.1, 0.15) is 207 Å². The maximum Gasteiger partial charge on any atom is 0.306 e. The van der Waals surface area contributed by atoms with Crippen molar-refractivity contribution in [3.63, 3.8) is 0 Å². The first-order valence-electron chi connectivity index (χ1n) is 25.6. The lowest BCUT2D eigenvalue weighted by atomic mass is 10.1. The van der Waals surface area contributed by atoms with Crippen molar-refractivity contribution in [2.75, 3.05) is 13.2 Å². The smallest absolute Gasteiger partial charge is 0.306 e. The molecule has 0 aliphatic rings. The van der Waals surface area contributed by atoms with Gasteiger partial charge < -0.3 is 14.2 Å². The molecule has 0 heterocycles. The van der Waals surface area contributed by atoms with Crippen molar-refractivity contribution in [2.45, 2.75) is 213 Å². The zero-order valence-electron chi connectivity index (χ0n) is 41.0. The summed E-state index contributed by atoms with van der Waals surface area (Å²) in [5.74, 6) is -1.04. The van der Waals surface area contributed by atoms with Crippen molar-refractivity contribution in [1.82, 2.24) is 0 Å². The molecule has 0 aliphatic heterocycles. The number of hydrogen-bond donors (Lipinski definition) is 0. The van der Waals surface area contributed by atoms with Gasteiger partial charge in [-0.25, -0.2) is 0 Å². The summed E-state index contributed by atoms with van der Waals surface area (Å²) in [6.45, 7) is 6.27. The van der Waals surface area contributed by atoms with Crippen LogP contribution in [0.5, 0.6) is 0 Å². The average Bonchev–Trinajstić information content (AvgIpc) is 3.29. The first-order valence-corrected chi connectivity index (χ1v) is 25.6. The van der Waals surface area contributed by atoms with E-state index in [1.807, 2.05) is 6.08 Å². The van der Waals surface area contributed by atoms with Gasteiger partial charge in [-0.2, -0.15) is 0 Å². The van der Waals surface area contributed by atoms with Gasteiger partial charge in [0.1, 0.15) is 13.2 Å². The van der Waals surface area contributed by atoms with Crippen LogP contribution in [0.3, 0.4) is 0 Å². The van der Waals surface area contributed by atoms with Gasteiger partial charge >= 0.3 is 17.9 Å². The van der Waals surface area contributed by atoms with E-state index in [1.165, 1.54) is 44.9 Å². The van der Waals surface area contributed by atoms with E-state index >= 15 is 0 Å². The Morgan fingerprint density at radius 3 is 1.20 bits per heavy atom. The zero-order chi connectivity index (χ0) is 46.5. The molecular formula is C58H92O6. The van der Waals surface area contributed by atoms with Gasteiger partial charge in [0.05, 0.1) is 0 Å². The number of carbonyl (C=O) groups excluding carboxylic acids is 3. The normalized spacial score (nSPS) is 13.1. The van der Waals surface area contributed by atoms with Crippen LogP contribution in [0.4, 0.5) is 0 Å². The predicted octanol–water partition coefficient (Wildman–Crippen LogP) is 16.9. The molecule has 0 radical (unpaired) electrons. The van der Waals surface area contributed by atoms with Gasteiger partial charge in [-0.3, -0.25) is 14.4 Å². The van der Waals surface area contributed by atoms with Crippen molar-refractivity contribution in [2.24, 2.45) is 0 Å². The maximum absolute atomic E-state index is 12.8. The van der Waals surface area contributed by atoms with Crippen molar-refractivity contribution < 1.29 is 28.6 Å². The molecule has 360 valence electrons. The lowest BCUT2D eigenvalue weighted by Gasteiger charge is -2.18. The fraction of sp³-hybridized carbons (Fsp3) is 0.603. The number of carbonyl (C=O) groups is 3. The third-order valence-electron chi connectivity index (χ3n) is 10.3. The van der Waals surface area contributed by atoms with Crippen molar-refractivity contribution >= 4 is 17.9 Å². The highest BCUT2D eigenvalue weighted by Gasteiger charge is 2.19. The summed E-state index contributed by atoms with van der Waals surface area (Å²) in [7, 11) is 0. The number of ether oxygens (including phenoxy) is 3. The third kappa shape index (κ3) is 48.8. The Labute approximate surface area is 392 Å². The minimum Gasteiger partial charge on any atom is -0.462 e. The van der Waals surface area contributed by atoms with Crippen LogP contribution in [-0.2, 0) is 28.6 Å². The molecular weight excluding hydrogens is 793 g/mol. The second kappa shape index (κ2) is 51.4. The molecule has 0 amide bonds. The van der Waals surface area contributed by atoms with Crippen molar-refractivity contribution in [1.29, 1.82) is 0 Å². The number of hydrogen-bond acceptors (Lipinski definition) is 6. The topological polar surface area (TPSA) is 78.9 Å². The summed E-state index contributed by atoms with van der Waals surface area (Å²) in [5, 5.41) is 0. The Morgan fingerprint density at radius 1 is 0.344 bits per heavy atom. The first-order chi connectivity index (χ1) is 31.5. The zero-order valence-corrected chi connectivity index (χ0v) is 41.0. The van der Waals surface area contributed by atoms with Crippen LogP contribution in [0.2, 0.25) is 0 Å². The van der Waals surface area contributed by atoms with E-state index < -0.39 is 6.10 Å². The third-order valence-corrected chi connectivity index (χ3v) is 10.3. The first kappa shape index (κ1) is 59.8. The molecule has 0 fully saturated rings. The Morgan fingerprint density at radius 2 is 0.703 bits per heavy atom. The Kier molecular flexibility index (Phi) is 48.1. The Balaban J connectivity index is 4.57. The molecule has 0 aromatic carbocycles. The van der Waals surface area contributed by atoms with Gasteiger partial charge in [0.2, 0.25) is 0 Å². The number of esters is 3. The average molecular weight is 885 g/mol. The van der Waals surface area contributed by atoms with Gasteiger partial charge in [-0.15, -0.1) is 0 Å². The molecule has 0 bridgehead atoms. The van der Waals surface area contributed by atoms with Gasteiger partial charge in [0, 0.05) is 19.3 Å². The van der Waals surface area contributed by atoms with Gasteiger partial charge in [0.25, 0.3) is 0 Å². The van der Waals surface area contributed by atoms with Gasteiger partial charge in [-0.05, 0) is 103 Å². The minimum atomic E-state index is -0.826. The molecule has 0 rings (SSSR count). The summed E-state index contributed by atoms with van der Waals surface area (Å²) < 4.78 is 16.7. The summed E-state index contributed by atoms with van der Waals surface area (Å²) in [5.41, 5.74) is 0. The molecule has 0 N–H and O–H groups in total. The highest BCUT2D eigenvalue weighted by molar-refractivity contribution is 5.71. The van der Waals surface area contributed by atoms with E-state index in [9.17, 15) is 14.4 Å². The summed E-state index contributed by atoms with van der Waals surface area (Å²) >= 11 is 0. The molecule has 0 aromatic rings. The molecule has 0 aromatic heterocycles. The van der Waals surface area contributed by atoms with Crippen LogP contribution in [0.15, 0.2) is 122 Å². The molecule has 64 heavy (non-hydrogen) atoms. The van der Waals surface area contributed by atoms with E-state index in [1.54, 1.807) is 0 Å². The SMILES string of the molecule is CC\C=C/C=C\C=C/CCCCCCCC(=O)OCC(COC(=O)CCC/C=C\C/C=C\C/C=C\C/C=C\C/C=C\CC)OC(=O)CCCCC/C=C\C=C/CCCCCCCCC. The quantitative estimate of drug-likeness (QED) is 0.0199. The highest BCUT2D eigenvalue weighted by Crippen LogP contribution is 2.12. The second-order valence-corrected chi connectivity index (χ2v) is 16.4. The van der Waals surface area contributed by atoms with E-state index in [4.69, 9.17) is 14.2 Å². The molecule has 0 spiro atoms. The number of unbranched alkanes of at least 4 members (excludes halogenated alkanes) is 16. The van der Waals surface area contributed by atoms with Crippen LogP contribution in [0, 0.1) is 0 Å². The molecule has 6 nitrogen and oxygen atoms in total. The van der Waals surface area contributed by atoms with Crippen LogP contribution in [0.25, 0.3) is 0 Å². The summed E-state index contributed by atoms with van der Waals surface area (Å²) in [6.07, 6.45) is 70.5. The molecule has 0 saturated carbocycles. The molecule has 6 heteroatoms. The van der Waals surface area contributed by atoms with Gasteiger partial charge in [-0.1, -0.05) is 206 Å². The van der Waals surface area contributed by atoms with Crippen LogP contribution >= 0.6 is 0 Å². The molecule has 1 unspecified atom stereocenters. The minimum absolute atomic E-state index is 0.121. The molecule has 1 atom stereocenters. The second-order valence-electron chi connectivity index (χ2n) is 16.4. The summed E-state index contributed by atoms with van der Waals surface area (Å²) in [4.78, 5) is 37.9. The number of rotatable bonds is 44.